The Balaban J connectivity index is 1.54. The minimum absolute atomic E-state index is 0.137. The molecule has 0 spiro atoms. The van der Waals surface area contributed by atoms with Crippen molar-refractivity contribution in [3.63, 3.8) is 0 Å². The van der Waals surface area contributed by atoms with Crippen LogP contribution in [0.1, 0.15) is 71.4 Å². The predicted molar refractivity (Wildman–Crippen MR) is 207 cm³/mol. The molecule has 0 radical (unpaired) electrons. The van der Waals surface area contributed by atoms with E-state index in [2.05, 4.69) is 26.4 Å². The Morgan fingerprint density at radius 1 is 0.741 bits per heavy atom. The van der Waals surface area contributed by atoms with E-state index in [9.17, 15) is 24.4 Å². The average molecular weight is 749 g/mol. The molecule has 296 valence electrons. The van der Waals surface area contributed by atoms with E-state index in [1.807, 2.05) is 100 Å². The Labute approximate surface area is 320 Å². The van der Waals surface area contributed by atoms with Crippen molar-refractivity contribution in [3.05, 3.63) is 71.8 Å². The Bertz CT molecular complexity index is 1530. The highest BCUT2D eigenvalue weighted by atomic mass is 16.6. The van der Waals surface area contributed by atoms with E-state index in [0.717, 1.165) is 11.1 Å². The summed E-state index contributed by atoms with van der Waals surface area (Å²) in [4.78, 5) is 57.6. The van der Waals surface area contributed by atoms with Crippen LogP contribution in [0.5, 0.6) is 0 Å². The van der Waals surface area contributed by atoms with Gasteiger partial charge in [-0.15, -0.1) is 0 Å². The van der Waals surface area contributed by atoms with Gasteiger partial charge < -0.3 is 35.9 Å². The highest BCUT2D eigenvalue weighted by Gasteiger charge is 2.49. The van der Waals surface area contributed by atoms with Crippen LogP contribution in [0.3, 0.4) is 0 Å². The first-order valence-electron chi connectivity index (χ1n) is 19.3. The molecular formula is C41H60N6O7. The van der Waals surface area contributed by atoms with E-state index in [1.54, 1.807) is 0 Å². The van der Waals surface area contributed by atoms with Crippen molar-refractivity contribution in [2.24, 2.45) is 17.0 Å². The number of amides is 4. The topological polar surface area (TPSA) is 174 Å². The molecule has 1 unspecified atom stereocenters. The number of carbonyl (C=O) groups excluding carboxylic acids is 4. The first-order chi connectivity index (χ1) is 25.9. The standard InChI is InChI=1S/C41H60N6O7/c1-28(2)16-18-33(43-38(49)32(19-17-30-12-8-6-9-13-30)42-36(48)26-47-20-22-53-23-21-47)39(50)45-35(25-31-14-10-7-11-15-31)40(51)44-34(24-29(3)4)37(46-52)41(5)27-54-41/h6-15,28-29,32-35,52H,16-27H2,1-5H3,(H,42,48)(H,43,49)(H,44,51)(H,45,50)/b46-37-/t32-,33-,34?,35-,41+/m0/s1. The number of rotatable bonds is 21. The molecule has 5 atom stereocenters. The molecular weight excluding hydrogens is 688 g/mol. The average Bonchev–Trinajstić information content (AvgIpc) is 3.89. The van der Waals surface area contributed by atoms with Crippen LogP contribution in [0.25, 0.3) is 0 Å². The molecule has 2 fully saturated rings. The van der Waals surface area contributed by atoms with E-state index in [0.29, 0.717) is 70.7 Å². The van der Waals surface area contributed by atoms with Gasteiger partial charge in [-0.2, -0.15) is 0 Å². The van der Waals surface area contributed by atoms with Crippen molar-refractivity contribution in [2.45, 2.75) is 103 Å². The molecule has 0 aromatic heterocycles. The fourth-order valence-electron chi connectivity index (χ4n) is 6.58. The summed E-state index contributed by atoms with van der Waals surface area (Å²) >= 11 is 0. The van der Waals surface area contributed by atoms with Gasteiger partial charge in [0.1, 0.15) is 29.4 Å². The molecule has 4 rings (SSSR count). The van der Waals surface area contributed by atoms with Crippen LogP contribution in [0.15, 0.2) is 65.8 Å². The van der Waals surface area contributed by atoms with E-state index >= 15 is 0 Å². The van der Waals surface area contributed by atoms with Crippen molar-refractivity contribution in [2.75, 3.05) is 39.5 Å². The maximum Gasteiger partial charge on any atom is 0.243 e. The van der Waals surface area contributed by atoms with Gasteiger partial charge in [0.2, 0.25) is 23.6 Å². The quantitative estimate of drug-likeness (QED) is 0.0560. The van der Waals surface area contributed by atoms with Crippen LogP contribution in [0.4, 0.5) is 0 Å². The first-order valence-corrected chi connectivity index (χ1v) is 19.3. The third kappa shape index (κ3) is 13.8. The van der Waals surface area contributed by atoms with Gasteiger partial charge in [0.05, 0.1) is 32.4 Å². The number of ether oxygens (including phenoxy) is 2. The molecule has 13 nitrogen and oxygen atoms in total. The number of aryl methyl sites for hydroxylation is 1. The number of oxime groups is 1. The van der Waals surface area contributed by atoms with Crippen LogP contribution >= 0.6 is 0 Å². The summed E-state index contributed by atoms with van der Waals surface area (Å²) in [6, 6.07) is 15.6. The van der Waals surface area contributed by atoms with Gasteiger partial charge in [0, 0.05) is 19.5 Å². The third-order valence-corrected chi connectivity index (χ3v) is 9.85. The monoisotopic (exact) mass is 748 g/mol. The van der Waals surface area contributed by atoms with Gasteiger partial charge in [-0.05, 0) is 62.0 Å². The second-order valence-corrected chi connectivity index (χ2v) is 15.5. The number of carbonyl (C=O) groups is 4. The van der Waals surface area contributed by atoms with E-state index in [-0.39, 0.29) is 30.7 Å². The number of nitrogens with one attached hydrogen (secondary N) is 4. The molecule has 2 aromatic rings. The number of epoxide rings is 1. The summed E-state index contributed by atoms with van der Waals surface area (Å²) < 4.78 is 11.0. The lowest BCUT2D eigenvalue weighted by atomic mass is 9.92. The summed E-state index contributed by atoms with van der Waals surface area (Å²) in [6.07, 6.45) is 2.52. The van der Waals surface area contributed by atoms with Gasteiger partial charge in [0.15, 0.2) is 0 Å². The lowest BCUT2D eigenvalue weighted by Gasteiger charge is -2.29. The number of morpholine rings is 1. The van der Waals surface area contributed by atoms with Gasteiger partial charge in [-0.1, -0.05) is 93.5 Å². The second kappa shape index (κ2) is 20.9. The highest BCUT2D eigenvalue weighted by Crippen LogP contribution is 2.31. The Morgan fingerprint density at radius 2 is 1.28 bits per heavy atom. The van der Waals surface area contributed by atoms with Crippen LogP contribution < -0.4 is 21.3 Å². The van der Waals surface area contributed by atoms with Crippen molar-refractivity contribution >= 4 is 29.3 Å². The number of hydrogen-bond donors (Lipinski definition) is 5. The maximum atomic E-state index is 14.2. The Hall–Kier alpha value is -4.33. The van der Waals surface area contributed by atoms with Crippen molar-refractivity contribution in [1.82, 2.24) is 26.2 Å². The summed E-state index contributed by atoms with van der Waals surface area (Å²) in [5.74, 6) is -1.31. The summed E-state index contributed by atoms with van der Waals surface area (Å²) in [5.41, 5.74) is 1.40. The Kier molecular flexibility index (Phi) is 16.4. The Morgan fingerprint density at radius 3 is 1.83 bits per heavy atom. The highest BCUT2D eigenvalue weighted by molar-refractivity contribution is 6.01. The first kappa shape index (κ1) is 42.4. The lowest BCUT2D eigenvalue weighted by Crippen LogP contribution is -2.59. The molecule has 13 heteroatoms. The molecule has 2 saturated heterocycles. The molecule has 0 bridgehead atoms. The van der Waals surface area contributed by atoms with Crippen LogP contribution in [-0.4, -0.2) is 109 Å². The summed E-state index contributed by atoms with van der Waals surface area (Å²) in [6.45, 7) is 12.8. The number of benzene rings is 2. The molecule has 54 heavy (non-hydrogen) atoms. The normalized spacial score (nSPS) is 19.7. The fraction of sp³-hybridized carbons (Fsp3) is 0.585. The van der Waals surface area contributed by atoms with E-state index in [1.165, 1.54) is 0 Å². The molecule has 2 heterocycles. The second-order valence-electron chi connectivity index (χ2n) is 15.5. The zero-order chi connectivity index (χ0) is 39.1. The molecule has 5 N–H and O–H groups in total. The van der Waals surface area contributed by atoms with Gasteiger partial charge in [0.25, 0.3) is 0 Å². The van der Waals surface area contributed by atoms with Crippen molar-refractivity contribution in [3.8, 4) is 0 Å². The SMILES string of the molecule is CC(C)CC[C@H](NC(=O)[C@H](CCc1ccccc1)NC(=O)CN1CCOCC1)C(=O)N[C@@H](Cc1ccccc1)C(=O)NC(CC(C)C)/C(=N/O)[C@@]1(C)CO1. The van der Waals surface area contributed by atoms with Gasteiger partial charge in [-0.25, -0.2) is 0 Å². The third-order valence-electron chi connectivity index (χ3n) is 9.85. The fourth-order valence-corrected chi connectivity index (χ4v) is 6.58. The van der Waals surface area contributed by atoms with Gasteiger partial charge in [-0.3, -0.25) is 24.1 Å². The molecule has 2 aliphatic heterocycles. The van der Waals surface area contributed by atoms with Gasteiger partial charge >= 0.3 is 0 Å². The molecule has 2 aromatic carbocycles. The minimum atomic E-state index is -1.01. The smallest absolute Gasteiger partial charge is 0.243 e. The minimum Gasteiger partial charge on any atom is -0.411 e. The zero-order valence-electron chi connectivity index (χ0n) is 32.5. The predicted octanol–water partition coefficient (Wildman–Crippen LogP) is 3.23. The summed E-state index contributed by atoms with van der Waals surface area (Å²) in [7, 11) is 0. The maximum absolute atomic E-state index is 14.2. The summed E-state index contributed by atoms with van der Waals surface area (Å²) in [5, 5.41) is 25.4. The lowest BCUT2D eigenvalue weighted by molar-refractivity contribution is -0.134. The van der Waals surface area contributed by atoms with Crippen LogP contribution in [-0.2, 0) is 41.5 Å². The van der Waals surface area contributed by atoms with Crippen LogP contribution in [0, 0.1) is 11.8 Å². The van der Waals surface area contributed by atoms with E-state index < -0.39 is 47.5 Å². The molecule has 2 aliphatic rings. The van der Waals surface area contributed by atoms with E-state index in [4.69, 9.17) is 9.47 Å². The number of hydrogen-bond acceptors (Lipinski definition) is 9. The molecule has 0 aliphatic carbocycles. The number of nitrogens with zero attached hydrogens (tertiary/aromatic N) is 2. The van der Waals surface area contributed by atoms with Crippen LogP contribution in [0.2, 0.25) is 0 Å². The molecule has 4 amide bonds. The zero-order valence-corrected chi connectivity index (χ0v) is 32.5. The van der Waals surface area contributed by atoms with Crippen molar-refractivity contribution < 1.29 is 33.9 Å². The molecule has 0 saturated carbocycles. The largest absolute Gasteiger partial charge is 0.411 e. The van der Waals surface area contributed by atoms with Crippen molar-refractivity contribution in [1.29, 1.82) is 0 Å².